The largest absolute Gasteiger partial charge is 0.336 e. The first-order chi connectivity index (χ1) is 12.0. The van der Waals surface area contributed by atoms with E-state index >= 15 is 0 Å². The molecule has 0 radical (unpaired) electrons. The summed E-state index contributed by atoms with van der Waals surface area (Å²) in [5, 5.41) is 0. The molecule has 0 unspecified atom stereocenters. The van der Waals surface area contributed by atoms with Crippen LogP contribution in [0, 0.1) is 24.3 Å². The second-order valence-corrected chi connectivity index (χ2v) is 7.64. The van der Waals surface area contributed by atoms with E-state index in [-0.39, 0.29) is 5.91 Å². The van der Waals surface area contributed by atoms with Gasteiger partial charge in [0.1, 0.15) is 0 Å². The summed E-state index contributed by atoms with van der Waals surface area (Å²) >= 11 is 2.23. The van der Waals surface area contributed by atoms with E-state index in [1.807, 2.05) is 49.9 Å². The van der Waals surface area contributed by atoms with Gasteiger partial charge in [-0.15, -0.1) is 0 Å². The molecule has 6 heteroatoms. The molecule has 1 saturated heterocycles. The number of carbonyl (C=O) groups is 1. The van der Waals surface area contributed by atoms with Crippen molar-refractivity contribution < 1.29 is 4.79 Å². The first-order valence-electron chi connectivity index (χ1n) is 8.52. The number of amides is 1. The first kappa shape index (κ1) is 18.3. The van der Waals surface area contributed by atoms with Crippen molar-refractivity contribution in [3.8, 4) is 0 Å². The molecule has 0 spiro atoms. The number of hydrogen-bond acceptors (Lipinski definition) is 4. The molecule has 3 rings (SSSR count). The standard InChI is InChI=1S/C19H23IN4O/c1-13-14(2)22-18(15(3)21-13)12-23-8-10-24(11-9-23)19(25)16-6-4-5-7-17(16)20/h4-7H,8-12H2,1-3H3. The van der Waals surface area contributed by atoms with Gasteiger partial charge >= 0.3 is 0 Å². The Morgan fingerprint density at radius 3 is 2.32 bits per heavy atom. The summed E-state index contributed by atoms with van der Waals surface area (Å²) in [5.41, 5.74) is 4.83. The van der Waals surface area contributed by atoms with Crippen molar-refractivity contribution in [3.05, 3.63) is 56.2 Å². The van der Waals surface area contributed by atoms with Crippen molar-refractivity contribution >= 4 is 28.5 Å². The number of aryl methyl sites for hydroxylation is 3. The second-order valence-electron chi connectivity index (χ2n) is 6.47. The number of carbonyl (C=O) groups excluding carboxylic acids is 1. The van der Waals surface area contributed by atoms with Gasteiger partial charge in [0.25, 0.3) is 5.91 Å². The molecule has 2 heterocycles. The molecule has 0 N–H and O–H groups in total. The third-order valence-corrected chi connectivity index (χ3v) is 5.66. The van der Waals surface area contributed by atoms with Gasteiger partial charge in [0.15, 0.2) is 0 Å². The molecule has 0 atom stereocenters. The Bertz CT molecular complexity index is 785. The fourth-order valence-electron chi connectivity index (χ4n) is 3.04. The van der Waals surface area contributed by atoms with Gasteiger partial charge in [0.2, 0.25) is 0 Å². The van der Waals surface area contributed by atoms with Crippen LogP contribution in [0.3, 0.4) is 0 Å². The Labute approximate surface area is 162 Å². The average Bonchev–Trinajstić information content (AvgIpc) is 2.60. The van der Waals surface area contributed by atoms with Gasteiger partial charge in [-0.3, -0.25) is 19.7 Å². The SMILES string of the molecule is Cc1nc(C)c(CN2CCN(C(=O)c3ccccc3I)CC2)nc1C. The number of benzene rings is 1. The summed E-state index contributed by atoms with van der Waals surface area (Å²) in [7, 11) is 0. The Kier molecular flexibility index (Phi) is 5.68. The van der Waals surface area contributed by atoms with Crippen molar-refractivity contribution in [1.29, 1.82) is 0 Å². The molecule has 1 aromatic carbocycles. The van der Waals surface area contributed by atoms with Gasteiger partial charge in [0, 0.05) is 36.3 Å². The average molecular weight is 450 g/mol. The highest BCUT2D eigenvalue weighted by Crippen LogP contribution is 2.17. The number of nitrogens with zero attached hydrogens (tertiary/aromatic N) is 4. The minimum atomic E-state index is 0.131. The summed E-state index contributed by atoms with van der Waals surface area (Å²) in [4.78, 5) is 26.3. The number of piperazine rings is 1. The van der Waals surface area contributed by atoms with Crippen LogP contribution >= 0.6 is 22.6 Å². The fourth-order valence-corrected chi connectivity index (χ4v) is 3.65. The van der Waals surface area contributed by atoms with Gasteiger partial charge in [-0.25, -0.2) is 0 Å². The summed E-state index contributed by atoms with van der Waals surface area (Å²) < 4.78 is 1.01. The van der Waals surface area contributed by atoms with E-state index in [9.17, 15) is 4.79 Å². The van der Waals surface area contributed by atoms with E-state index in [1.54, 1.807) is 0 Å². The van der Waals surface area contributed by atoms with Crippen LogP contribution in [0.4, 0.5) is 0 Å². The lowest BCUT2D eigenvalue weighted by atomic mass is 10.1. The lowest BCUT2D eigenvalue weighted by Gasteiger charge is -2.35. The van der Waals surface area contributed by atoms with Crippen LogP contribution in [-0.2, 0) is 6.54 Å². The zero-order valence-corrected chi connectivity index (χ0v) is 17.1. The molecule has 0 bridgehead atoms. The number of hydrogen-bond donors (Lipinski definition) is 0. The maximum absolute atomic E-state index is 12.7. The van der Waals surface area contributed by atoms with E-state index in [1.165, 1.54) is 0 Å². The molecule has 0 saturated carbocycles. The fraction of sp³-hybridized carbons (Fsp3) is 0.421. The third kappa shape index (κ3) is 4.17. The number of halogens is 1. The van der Waals surface area contributed by atoms with Gasteiger partial charge in [-0.05, 0) is 55.5 Å². The van der Waals surface area contributed by atoms with Crippen LogP contribution in [-0.4, -0.2) is 51.9 Å². The molecule has 1 fully saturated rings. The molecule has 25 heavy (non-hydrogen) atoms. The smallest absolute Gasteiger partial charge is 0.255 e. The van der Waals surface area contributed by atoms with E-state index in [0.717, 1.165) is 64.6 Å². The molecular weight excluding hydrogens is 427 g/mol. The van der Waals surface area contributed by atoms with Gasteiger partial charge < -0.3 is 4.90 Å². The number of rotatable bonds is 3. The van der Waals surface area contributed by atoms with Crippen LogP contribution < -0.4 is 0 Å². The summed E-state index contributed by atoms with van der Waals surface area (Å²) in [6.07, 6.45) is 0. The van der Waals surface area contributed by atoms with E-state index in [4.69, 9.17) is 4.98 Å². The molecule has 1 aromatic heterocycles. The van der Waals surface area contributed by atoms with Crippen LogP contribution in [0.25, 0.3) is 0 Å². The summed E-state index contributed by atoms with van der Waals surface area (Å²) in [6, 6.07) is 7.77. The van der Waals surface area contributed by atoms with Crippen molar-refractivity contribution in [2.45, 2.75) is 27.3 Å². The van der Waals surface area contributed by atoms with Crippen molar-refractivity contribution in [2.75, 3.05) is 26.2 Å². The van der Waals surface area contributed by atoms with Crippen LogP contribution in [0.2, 0.25) is 0 Å². The van der Waals surface area contributed by atoms with E-state index in [2.05, 4.69) is 32.5 Å². The van der Waals surface area contributed by atoms with E-state index < -0.39 is 0 Å². The molecule has 1 aliphatic heterocycles. The van der Waals surface area contributed by atoms with Crippen LogP contribution in [0.1, 0.15) is 33.1 Å². The Morgan fingerprint density at radius 1 is 1.00 bits per heavy atom. The predicted molar refractivity (Wildman–Crippen MR) is 107 cm³/mol. The first-order valence-corrected chi connectivity index (χ1v) is 9.60. The predicted octanol–water partition coefficient (Wildman–Crippen LogP) is 2.96. The Hall–Kier alpha value is -1.54. The van der Waals surface area contributed by atoms with Crippen molar-refractivity contribution in [1.82, 2.24) is 19.8 Å². The quantitative estimate of drug-likeness (QED) is 0.675. The van der Waals surface area contributed by atoms with Crippen molar-refractivity contribution in [3.63, 3.8) is 0 Å². The highest BCUT2D eigenvalue weighted by atomic mass is 127. The number of aromatic nitrogens is 2. The summed E-state index contributed by atoms with van der Waals surface area (Å²) in [5.74, 6) is 0.131. The second kappa shape index (κ2) is 7.78. The molecular formula is C19H23IN4O. The lowest BCUT2D eigenvalue weighted by molar-refractivity contribution is 0.0625. The maximum Gasteiger partial charge on any atom is 0.255 e. The summed E-state index contributed by atoms with van der Waals surface area (Å²) in [6.45, 7) is 10.0. The minimum absolute atomic E-state index is 0.131. The maximum atomic E-state index is 12.7. The molecule has 1 amide bonds. The lowest BCUT2D eigenvalue weighted by Crippen LogP contribution is -2.48. The molecule has 132 valence electrons. The van der Waals surface area contributed by atoms with Gasteiger partial charge in [-0.2, -0.15) is 0 Å². The Balaban J connectivity index is 1.62. The third-order valence-electron chi connectivity index (χ3n) is 4.72. The molecule has 5 nitrogen and oxygen atoms in total. The molecule has 0 aliphatic carbocycles. The Morgan fingerprint density at radius 2 is 1.64 bits per heavy atom. The van der Waals surface area contributed by atoms with Gasteiger partial charge in [-0.1, -0.05) is 12.1 Å². The van der Waals surface area contributed by atoms with E-state index in [0.29, 0.717) is 0 Å². The normalized spacial score (nSPS) is 15.4. The monoisotopic (exact) mass is 450 g/mol. The van der Waals surface area contributed by atoms with Crippen LogP contribution in [0.15, 0.2) is 24.3 Å². The zero-order chi connectivity index (χ0) is 18.0. The molecule has 1 aliphatic rings. The molecule has 2 aromatic rings. The van der Waals surface area contributed by atoms with Gasteiger partial charge in [0.05, 0.1) is 28.3 Å². The minimum Gasteiger partial charge on any atom is -0.336 e. The van der Waals surface area contributed by atoms with Crippen LogP contribution in [0.5, 0.6) is 0 Å². The highest BCUT2D eigenvalue weighted by Gasteiger charge is 2.24. The highest BCUT2D eigenvalue weighted by molar-refractivity contribution is 14.1. The zero-order valence-electron chi connectivity index (χ0n) is 14.9. The van der Waals surface area contributed by atoms with Crippen molar-refractivity contribution in [2.24, 2.45) is 0 Å². The topological polar surface area (TPSA) is 49.3 Å².